The minimum absolute atomic E-state index is 0.0293. The summed E-state index contributed by atoms with van der Waals surface area (Å²) in [6.07, 6.45) is 6.13. The number of nitrogens with two attached hydrogens (primary N) is 1. The molecule has 0 amide bonds. The molecule has 1 unspecified atom stereocenters. The molecule has 0 spiro atoms. The molecule has 0 saturated heterocycles. The van der Waals surface area contributed by atoms with Gasteiger partial charge in [-0.3, -0.25) is 19.8 Å². The Hall–Kier alpha value is -3.70. The van der Waals surface area contributed by atoms with Gasteiger partial charge in [0.15, 0.2) is 12.5 Å². The summed E-state index contributed by atoms with van der Waals surface area (Å²) in [6.45, 7) is -0.465. The number of hydrogen-bond donors (Lipinski definition) is 2. The first-order chi connectivity index (χ1) is 16.3. The van der Waals surface area contributed by atoms with Crippen molar-refractivity contribution in [3.05, 3.63) is 83.8 Å². The van der Waals surface area contributed by atoms with Gasteiger partial charge < -0.3 is 19.0 Å². The van der Waals surface area contributed by atoms with Gasteiger partial charge in [0, 0.05) is 36.5 Å². The largest absolute Gasteiger partial charge is 0.756 e. The second kappa shape index (κ2) is 10.1. The van der Waals surface area contributed by atoms with Crippen LogP contribution in [-0.4, -0.2) is 20.0 Å². The maximum Gasteiger partial charge on any atom is 0.285 e. The van der Waals surface area contributed by atoms with Gasteiger partial charge in [-0.25, -0.2) is 13.9 Å². The van der Waals surface area contributed by atoms with E-state index in [9.17, 15) is 13.8 Å². The number of halogens is 1. The zero-order valence-electron chi connectivity index (χ0n) is 17.6. The Balaban J connectivity index is 1.40. The van der Waals surface area contributed by atoms with Gasteiger partial charge in [-0.05, 0) is 23.8 Å². The summed E-state index contributed by atoms with van der Waals surface area (Å²) in [5, 5.41) is 4.04. The molecule has 0 radical (unpaired) electrons. The lowest BCUT2D eigenvalue weighted by atomic mass is 10.1. The molecule has 11 nitrogen and oxygen atoms in total. The molecule has 4 rings (SSSR count). The quantitative estimate of drug-likeness (QED) is 0.263. The zero-order chi connectivity index (χ0) is 24.1. The number of nitrogen functional groups attached to an aromatic ring is 1. The summed E-state index contributed by atoms with van der Waals surface area (Å²) >= 11 is 0. The van der Waals surface area contributed by atoms with Crippen LogP contribution in [0.15, 0.2) is 65.7 Å². The van der Waals surface area contributed by atoms with Crippen LogP contribution in [0.2, 0.25) is 0 Å². The smallest absolute Gasteiger partial charge is 0.285 e. The fourth-order valence-electron chi connectivity index (χ4n) is 3.02. The molecule has 0 aliphatic heterocycles. The van der Waals surface area contributed by atoms with E-state index in [1.165, 1.54) is 23.0 Å². The van der Waals surface area contributed by atoms with Gasteiger partial charge in [0.2, 0.25) is 5.88 Å². The molecular weight excluding hydrogens is 468 g/mol. The summed E-state index contributed by atoms with van der Waals surface area (Å²) in [6, 6.07) is 9.99. The van der Waals surface area contributed by atoms with Gasteiger partial charge in [0.05, 0.1) is 18.1 Å². The number of phosphoric acid groups is 1. The van der Waals surface area contributed by atoms with E-state index in [4.69, 9.17) is 19.9 Å². The molecule has 4 aromatic rings. The van der Waals surface area contributed by atoms with Crippen molar-refractivity contribution < 1.29 is 37.1 Å². The molecule has 0 aliphatic rings. The molecule has 4 heterocycles. The molecule has 1 atom stereocenters. The van der Waals surface area contributed by atoms with E-state index in [-0.39, 0.29) is 12.4 Å². The summed E-state index contributed by atoms with van der Waals surface area (Å²) in [4.78, 5) is 27.5. The highest BCUT2D eigenvalue weighted by molar-refractivity contribution is 7.44. The summed E-state index contributed by atoms with van der Waals surface area (Å²) in [5.41, 5.74) is 8.36. The van der Waals surface area contributed by atoms with Crippen molar-refractivity contribution in [1.29, 1.82) is 0 Å². The molecule has 0 fully saturated rings. The SMILES string of the molecule is Nc1c(-c2cc(Cc3ccc(OCc4ccncc4F)nc3)no2)ccc[n+]1COP(=O)([O-])O. The first-order valence-electron chi connectivity index (χ1n) is 9.87. The maximum atomic E-state index is 13.6. The van der Waals surface area contributed by atoms with Crippen molar-refractivity contribution in [2.75, 3.05) is 5.73 Å². The fourth-order valence-corrected chi connectivity index (χ4v) is 3.29. The summed E-state index contributed by atoms with van der Waals surface area (Å²) in [7, 11) is -4.90. The predicted octanol–water partition coefficient (Wildman–Crippen LogP) is 1.74. The number of hydrogen-bond acceptors (Lipinski definition) is 9. The van der Waals surface area contributed by atoms with E-state index in [2.05, 4.69) is 19.6 Å². The number of ether oxygens (including phenoxy) is 1. The Labute approximate surface area is 192 Å². The van der Waals surface area contributed by atoms with Gasteiger partial charge in [-0.2, -0.15) is 0 Å². The number of aromatic nitrogens is 4. The summed E-state index contributed by atoms with van der Waals surface area (Å²) in [5.74, 6) is 0.419. The molecule has 4 aromatic heterocycles. The predicted molar refractivity (Wildman–Crippen MR) is 113 cm³/mol. The molecule has 0 bridgehead atoms. The lowest BCUT2D eigenvalue weighted by molar-refractivity contribution is -0.712. The van der Waals surface area contributed by atoms with Crippen LogP contribution in [-0.2, 0) is 28.8 Å². The van der Waals surface area contributed by atoms with Crippen LogP contribution in [0, 0.1) is 5.82 Å². The van der Waals surface area contributed by atoms with Gasteiger partial charge in [-0.15, -0.1) is 0 Å². The molecule has 0 aromatic carbocycles. The Kier molecular flexibility index (Phi) is 6.94. The second-order valence-electron chi connectivity index (χ2n) is 7.12. The normalized spacial score (nSPS) is 12.9. The lowest BCUT2D eigenvalue weighted by Gasteiger charge is -2.14. The Bertz CT molecular complexity index is 1330. The Morgan fingerprint density at radius 3 is 2.85 bits per heavy atom. The third-order valence-electron chi connectivity index (χ3n) is 4.71. The zero-order valence-corrected chi connectivity index (χ0v) is 18.5. The minimum Gasteiger partial charge on any atom is -0.756 e. The van der Waals surface area contributed by atoms with Crippen LogP contribution < -0.4 is 19.9 Å². The maximum absolute atomic E-state index is 13.6. The van der Waals surface area contributed by atoms with E-state index in [0.29, 0.717) is 34.9 Å². The van der Waals surface area contributed by atoms with Crippen LogP contribution in [0.5, 0.6) is 5.88 Å². The van der Waals surface area contributed by atoms with Crippen molar-refractivity contribution in [3.63, 3.8) is 0 Å². The standard InChI is InChI=1S/C21H19FN5O6P/c22-18-11-24-6-5-15(18)12-31-20-4-3-14(10-25-20)8-16-9-19(33-26-16)17-2-1-7-27(21(17)23)13-32-34(28,29)30/h1-7,9-11,23H,8,12-13H2,(H2,28,29,30). The van der Waals surface area contributed by atoms with E-state index in [0.717, 1.165) is 11.8 Å². The van der Waals surface area contributed by atoms with Crippen LogP contribution in [0.4, 0.5) is 10.2 Å². The topological polar surface area (TPSA) is 161 Å². The minimum atomic E-state index is -4.90. The molecule has 0 aliphatic carbocycles. The van der Waals surface area contributed by atoms with Crippen LogP contribution in [0.3, 0.4) is 0 Å². The van der Waals surface area contributed by atoms with Crippen molar-refractivity contribution in [2.24, 2.45) is 0 Å². The molecule has 3 N–H and O–H groups in total. The average molecular weight is 487 g/mol. The fraction of sp³-hybridized carbons (Fsp3) is 0.143. The van der Waals surface area contributed by atoms with Crippen molar-refractivity contribution in [1.82, 2.24) is 15.1 Å². The number of anilines is 1. The van der Waals surface area contributed by atoms with Crippen molar-refractivity contribution in [2.45, 2.75) is 19.8 Å². The van der Waals surface area contributed by atoms with Crippen LogP contribution >= 0.6 is 7.82 Å². The molecule has 34 heavy (non-hydrogen) atoms. The number of pyridine rings is 3. The Morgan fingerprint density at radius 2 is 2.12 bits per heavy atom. The van der Waals surface area contributed by atoms with Crippen molar-refractivity contribution >= 4 is 13.6 Å². The molecule has 0 saturated carbocycles. The third-order valence-corrected chi connectivity index (χ3v) is 5.16. The summed E-state index contributed by atoms with van der Waals surface area (Å²) < 4.78 is 41.0. The molecule has 176 valence electrons. The van der Waals surface area contributed by atoms with Gasteiger partial charge >= 0.3 is 0 Å². The van der Waals surface area contributed by atoms with Gasteiger partial charge in [0.1, 0.15) is 18.0 Å². The van der Waals surface area contributed by atoms with Gasteiger partial charge in [0.25, 0.3) is 13.6 Å². The number of rotatable bonds is 9. The average Bonchev–Trinajstić information content (AvgIpc) is 3.26. The van der Waals surface area contributed by atoms with E-state index in [1.807, 2.05) is 0 Å². The van der Waals surface area contributed by atoms with E-state index >= 15 is 0 Å². The molecule has 13 heteroatoms. The highest BCUT2D eigenvalue weighted by atomic mass is 31.2. The highest BCUT2D eigenvalue weighted by Crippen LogP contribution is 2.30. The van der Waals surface area contributed by atoms with Gasteiger partial charge in [-0.1, -0.05) is 11.2 Å². The van der Waals surface area contributed by atoms with Crippen LogP contribution in [0.25, 0.3) is 11.3 Å². The lowest BCUT2D eigenvalue weighted by Crippen LogP contribution is -2.38. The first-order valence-corrected chi connectivity index (χ1v) is 11.4. The van der Waals surface area contributed by atoms with E-state index < -0.39 is 20.4 Å². The highest BCUT2D eigenvalue weighted by Gasteiger charge is 2.18. The Morgan fingerprint density at radius 1 is 1.26 bits per heavy atom. The van der Waals surface area contributed by atoms with Crippen LogP contribution in [0.1, 0.15) is 16.8 Å². The van der Waals surface area contributed by atoms with E-state index in [1.54, 1.807) is 36.5 Å². The third kappa shape index (κ3) is 6.00. The monoisotopic (exact) mass is 487 g/mol. The number of nitrogens with zero attached hydrogens (tertiary/aromatic N) is 4. The molecular formula is C21H19FN5O6P. The second-order valence-corrected chi connectivity index (χ2v) is 8.32. The van der Waals surface area contributed by atoms with Crippen molar-refractivity contribution in [3.8, 4) is 17.2 Å². The number of phosphoric ester groups is 1. The first kappa shape index (κ1) is 23.5.